The number of rotatable bonds is 5. The molecule has 0 saturated carbocycles. The Morgan fingerprint density at radius 2 is 1.53 bits per heavy atom. The van der Waals surface area contributed by atoms with Gasteiger partial charge in [0.15, 0.2) is 0 Å². The van der Waals surface area contributed by atoms with E-state index in [9.17, 15) is 23.5 Å². The minimum Gasteiger partial charge on any atom is -0.478 e. The van der Waals surface area contributed by atoms with Crippen LogP contribution in [0.25, 0.3) is 11.1 Å². The summed E-state index contributed by atoms with van der Waals surface area (Å²) < 4.78 is 31.6. The van der Waals surface area contributed by atoms with Gasteiger partial charge in [0.1, 0.15) is 6.61 Å². The number of hydrogen-bond donors (Lipinski definition) is 2. The minimum atomic E-state index is -2.99. The van der Waals surface area contributed by atoms with Gasteiger partial charge in [-0.2, -0.15) is 0 Å². The normalized spacial score (nSPS) is 12.4. The maximum absolute atomic E-state index is 13.1. The van der Waals surface area contributed by atoms with Crippen molar-refractivity contribution in [2.45, 2.75) is 12.3 Å². The summed E-state index contributed by atoms with van der Waals surface area (Å²) in [6, 6.07) is 19.2. The molecular formula is C23H17F2NO4. The van der Waals surface area contributed by atoms with Crippen molar-refractivity contribution in [1.82, 2.24) is 0 Å². The Bertz CT molecular complexity index is 1080. The summed E-state index contributed by atoms with van der Waals surface area (Å²) in [5.74, 6) is -1.73. The highest BCUT2D eigenvalue weighted by Crippen LogP contribution is 2.44. The van der Waals surface area contributed by atoms with Gasteiger partial charge in [-0.25, -0.2) is 18.4 Å². The zero-order valence-electron chi connectivity index (χ0n) is 15.6. The van der Waals surface area contributed by atoms with Crippen LogP contribution in [-0.4, -0.2) is 23.8 Å². The number of nitrogens with one attached hydrogen (secondary N) is 1. The van der Waals surface area contributed by atoms with Crippen LogP contribution in [0.4, 0.5) is 19.3 Å². The molecule has 0 atom stereocenters. The number of ether oxygens (including phenoxy) is 1. The first-order valence-corrected chi connectivity index (χ1v) is 9.23. The number of carbonyl (C=O) groups is 2. The van der Waals surface area contributed by atoms with E-state index in [1.165, 1.54) is 12.1 Å². The number of hydrogen-bond acceptors (Lipinski definition) is 3. The van der Waals surface area contributed by atoms with Gasteiger partial charge in [0.05, 0.1) is 11.3 Å². The van der Waals surface area contributed by atoms with Crippen molar-refractivity contribution in [3.05, 3.63) is 89.0 Å². The number of carboxylic acid groups (broad SMARTS) is 1. The summed E-state index contributed by atoms with van der Waals surface area (Å²) in [6.07, 6.45) is -3.90. The summed E-state index contributed by atoms with van der Waals surface area (Å²) in [7, 11) is 0. The number of carbonyl (C=O) groups excluding carboxylic acids is 1. The van der Waals surface area contributed by atoms with E-state index in [0.717, 1.165) is 28.3 Å². The SMILES string of the molecule is O=C(Nc1cccc(C(F)F)c1C(=O)O)OCC1c2ccccc2-c2ccccc21. The highest BCUT2D eigenvalue weighted by molar-refractivity contribution is 6.00. The van der Waals surface area contributed by atoms with Crippen molar-refractivity contribution in [3.8, 4) is 11.1 Å². The van der Waals surface area contributed by atoms with Crippen LogP contribution in [0.1, 0.15) is 39.4 Å². The number of halogens is 2. The van der Waals surface area contributed by atoms with Crippen LogP contribution in [0.5, 0.6) is 0 Å². The number of amides is 1. The quantitative estimate of drug-likeness (QED) is 0.568. The Labute approximate surface area is 170 Å². The van der Waals surface area contributed by atoms with Crippen LogP contribution >= 0.6 is 0 Å². The third-order valence-corrected chi connectivity index (χ3v) is 5.13. The van der Waals surface area contributed by atoms with Crippen LogP contribution in [0, 0.1) is 0 Å². The highest BCUT2D eigenvalue weighted by atomic mass is 19.3. The van der Waals surface area contributed by atoms with Crippen molar-refractivity contribution in [2.24, 2.45) is 0 Å². The van der Waals surface area contributed by atoms with E-state index < -0.39 is 29.6 Å². The molecule has 0 unspecified atom stereocenters. The molecule has 3 aromatic carbocycles. The van der Waals surface area contributed by atoms with E-state index in [-0.39, 0.29) is 18.2 Å². The van der Waals surface area contributed by atoms with Crippen LogP contribution < -0.4 is 5.32 Å². The van der Waals surface area contributed by atoms with Gasteiger partial charge in [-0.3, -0.25) is 5.32 Å². The fourth-order valence-electron chi connectivity index (χ4n) is 3.84. The average molecular weight is 409 g/mol. The Hall–Kier alpha value is -3.74. The molecule has 0 aromatic heterocycles. The fourth-order valence-corrected chi connectivity index (χ4v) is 3.84. The highest BCUT2D eigenvalue weighted by Gasteiger charge is 2.29. The fraction of sp³-hybridized carbons (Fsp3) is 0.130. The van der Waals surface area contributed by atoms with Crippen LogP contribution in [-0.2, 0) is 4.74 Å². The van der Waals surface area contributed by atoms with Gasteiger partial charge < -0.3 is 9.84 Å². The lowest BCUT2D eigenvalue weighted by molar-refractivity contribution is 0.0686. The lowest BCUT2D eigenvalue weighted by Gasteiger charge is -2.16. The molecule has 1 aliphatic carbocycles. The maximum atomic E-state index is 13.1. The third-order valence-electron chi connectivity index (χ3n) is 5.13. The second-order valence-electron chi connectivity index (χ2n) is 6.83. The second kappa shape index (κ2) is 7.94. The summed E-state index contributed by atoms with van der Waals surface area (Å²) >= 11 is 0. The molecule has 0 fully saturated rings. The maximum Gasteiger partial charge on any atom is 0.411 e. The lowest BCUT2D eigenvalue weighted by atomic mass is 9.98. The number of benzene rings is 3. The molecule has 1 amide bonds. The van der Waals surface area contributed by atoms with Crippen LogP contribution in [0.15, 0.2) is 66.7 Å². The van der Waals surface area contributed by atoms with Crippen molar-refractivity contribution in [1.29, 1.82) is 0 Å². The molecule has 1 aliphatic rings. The molecular weight excluding hydrogens is 392 g/mol. The van der Waals surface area contributed by atoms with Crippen molar-refractivity contribution in [3.63, 3.8) is 0 Å². The largest absolute Gasteiger partial charge is 0.478 e. The van der Waals surface area contributed by atoms with Crippen LogP contribution in [0.2, 0.25) is 0 Å². The Kier molecular flexibility index (Phi) is 5.18. The molecule has 0 heterocycles. The molecule has 2 N–H and O–H groups in total. The summed E-state index contributed by atoms with van der Waals surface area (Å²) in [4.78, 5) is 23.8. The Balaban J connectivity index is 1.53. The zero-order valence-corrected chi connectivity index (χ0v) is 15.6. The number of carboxylic acids is 1. The first-order valence-electron chi connectivity index (χ1n) is 9.23. The monoisotopic (exact) mass is 409 g/mol. The molecule has 7 heteroatoms. The topological polar surface area (TPSA) is 75.6 Å². The van der Waals surface area contributed by atoms with Crippen molar-refractivity contribution < 1.29 is 28.2 Å². The first-order chi connectivity index (χ1) is 14.5. The Morgan fingerprint density at radius 1 is 0.933 bits per heavy atom. The first kappa shape index (κ1) is 19.6. The Morgan fingerprint density at radius 3 is 2.10 bits per heavy atom. The minimum absolute atomic E-state index is 0.0246. The standard InChI is InChI=1S/C23H17F2NO4/c24-21(25)17-10-5-11-19(20(17)22(27)28)26-23(29)30-12-18-15-8-3-1-6-13(15)14-7-2-4-9-16(14)18/h1-11,18,21H,12H2,(H,26,29)(H,27,28). The van der Waals surface area contributed by atoms with Gasteiger partial charge in [0, 0.05) is 11.5 Å². The molecule has 0 saturated heterocycles. The summed E-state index contributed by atoms with van der Waals surface area (Å²) in [5.41, 5.74) is 2.63. The average Bonchev–Trinajstić information content (AvgIpc) is 3.05. The number of alkyl halides is 2. The van der Waals surface area contributed by atoms with Crippen LogP contribution in [0.3, 0.4) is 0 Å². The zero-order chi connectivity index (χ0) is 21.3. The van der Waals surface area contributed by atoms with Gasteiger partial charge in [0.2, 0.25) is 0 Å². The predicted molar refractivity (Wildman–Crippen MR) is 107 cm³/mol. The molecule has 30 heavy (non-hydrogen) atoms. The predicted octanol–water partition coefficient (Wildman–Crippen LogP) is 5.68. The molecule has 0 radical (unpaired) electrons. The van der Waals surface area contributed by atoms with Gasteiger partial charge in [-0.1, -0.05) is 60.7 Å². The molecule has 4 rings (SSSR count). The molecule has 5 nitrogen and oxygen atoms in total. The molecule has 0 aliphatic heterocycles. The molecule has 3 aromatic rings. The molecule has 152 valence electrons. The molecule has 0 bridgehead atoms. The smallest absolute Gasteiger partial charge is 0.411 e. The lowest BCUT2D eigenvalue weighted by Crippen LogP contribution is -2.20. The van der Waals surface area contributed by atoms with Gasteiger partial charge in [-0.15, -0.1) is 0 Å². The van der Waals surface area contributed by atoms with Crippen molar-refractivity contribution >= 4 is 17.7 Å². The number of aromatic carboxylic acids is 1. The van der Waals surface area contributed by atoms with E-state index in [0.29, 0.717) is 0 Å². The van der Waals surface area contributed by atoms with Gasteiger partial charge in [-0.05, 0) is 28.3 Å². The summed E-state index contributed by atoms with van der Waals surface area (Å²) in [5, 5.41) is 11.6. The second-order valence-corrected chi connectivity index (χ2v) is 6.83. The van der Waals surface area contributed by atoms with Gasteiger partial charge >= 0.3 is 12.1 Å². The van der Waals surface area contributed by atoms with Gasteiger partial charge in [0.25, 0.3) is 6.43 Å². The van der Waals surface area contributed by atoms with E-state index in [2.05, 4.69) is 5.32 Å². The van der Waals surface area contributed by atoms with E-state index in [4.69, 9.17) is 4.74 Å². The third kappa shape index (κ3) is 3.50. The van der Waals surface area contributed by atoms with E-state index in [1.807, 2.05) is 48.5 Å². The van der Waals surface area contributed by atoms with E-state index in [1.54, 1.807) is 0 Å². The molecule has 0 spiro atoms. The number of fused-ring (bicyclic) bond motifs is 3. The van der Waals surface area contributed by atoms with E-state index >= 15 is 0 Å². The number of anilines is 1. The summed E-state index contributed by atoms with van der Waals surface area (Å²) in [6.45, 7) is 0.0246. The van der Waals surface area contributed by atoms with Crippen molar-refractivity contribution in [2.75, 3.05) is 11.9 Å².